The highest BCUT2D eigenvalue weighted by molar-refractivity contribution is 7.99. The van der Waals surface area contributed by atoms with Crippen molar-refractivity contribution in [3.8, 4) is 0 Å². The van der Waals surface area contributed by atoms with Crippen molar-refractivity contribution in [2.75, 3.05) is 18.1 Å². The predicted molar refractivity (Wildman–Crippen MR) is 88.2 cm³/mol. The van der Waals surface area contributed by atoms with E-state index in [1.54, 1.807) is 11.8 Å². The lowest BCUT2D eigenvalue weighted by Crippen LogP contribution is -2.09. The molecule has 0 aliphatic heterocycles. The quantitative estimate of drug-likeness (QED) is 0.325. The lowest BCUT2D eigenvalue weighted by Gasteiger charge is -2.04. The van der Waals surface area contributed by atoms with E-state index in [0.717, 1.165) is 18.1 Å². The molecular formula is C17H32O2S. The second-order valence-corrected chi connectivity index (χ2v) is 7.09. The van der Waals surface area contributed by atoms with Crippen molar-refractivity contribution in [1.82, 2.24) is 0 Å². The molecular weight excluding hydrogens is 268 g/mol. The van der Waals surface area contributed by atoms with Gasteiger partial charge >= 0.3 is 5.97 Å². The average molecular weight is 301 g/mol. The number of hydrogen-bond acceptors (Lipinski definition) is 3. The standard InChI is InChI=1S/C17H32O2S/c1-2-3-4-5-6-7-8-14-20-15-17(18)19-13-9-10-16-11-12-16/h16H,2-15H2,1H3. The summed E-state index contributed by atoms with van der Waals surface area (Å²) in [6.07, 6.45) is 14.4. The molecule has 3 heteroatoms. The number of unbranched alkanes of at least 4 members (excludes halogenated alkanes) is 6. The fourth-order valence-corrected chi connectivity index (χ4v) is 3.13. The summed E-state index contributed by atoms with van der Waals surface area (Å²) >= 11 is 1.73. The van der Waals surface area contributed by atoms with Crippen LogP contribution in [0.5, 0.6) is 0 Å². The third-order valence-corrected chi connectivity index (χ3v) is 4.85. The Kier molecular flexibility index (Phi) is 11.2. The molecule has 0 aromatic heterocycles. The largest absolute Gasteiger partial charge is 0.465 e. The van der Waals surface area contributed by atoms with Gasteiger partial charge in [0.25, 0.3) is 0 Å². The van der Waals surface area contributed by atoms with E-state index in [9.17, 15) is 4.79 Å². The van der Waals surface area contributed by atoms with Crippen molar-refractivity contribution >= 4 is 17.7 Å². The SMILES string of the molecule is CCCCCCCCCSCC(=O)OCCCC1CC1. The van der Waals surface area contributed by atoms with Gasteiger partial charge < -0.3 is 4.74 Å². The summed E-state index contributed by atoms with van der Waals surface area (Å²) in [4.78, 5) is 11.5. The zero-order chi connectivity index (χ0) is 14.5. The smallest absolute Gasteiger partial charge is 0.315 e. The normalized spacial score (nSPS) is 14.4. The molecule has 0 atom stereocenters. The van der Waals surface area contributed by atoms with Crippen LogP contribution in [-0.2, 0) is 9.53 Å². The molecule has 0 radical (unpaired) electrons. The van der Waals surface area contributed by atoms with Gasteiger partial charge in [0.15, 0.2) is 0 Å². The molecule has 0 aromatic carbocycles. The van der Waals surface area contributed by atoms with Crippen LogP contribution in [0.15, 0.2) is 0 Å². The van der Waals surface area contributed by atoms with Crippen LogP contribution in [0, 0.1) is 5.92 Å². The van der Waals surface area contributed by atoms with Crippen LogP contribution in [0.4, 0.5) is 0 Å². The molecule has 0 heterocycles. The lowest BCUT2D eigenvalue weighted by molar-refractivity contribution is -0.140. The molecule has 1 fully saturated rings. The van der Waals surface area contributed by atoms with Crippen molar-refractivity contribution in [3.63, 3.8) is 0 Å². The summed E-state index contributed by atoms with van der Waals surface area (Å²) in [5.41, 5.74) is 0. The van der Waals surface area contributed by atoms with Crippen LogP contribution in [0.25, 0.3) is 0 Å². The molecule has 1 aliphatic carbocycles. The Morgan fingerprint density at radius 3 is 2.45 bits per heavy atom. The Balaban J connectivity index is 1.72. The van der Waals surface area contributed by atoms with Gasteiger partial charge in [-0.25, -0.2) is 0 Å². The first-order valence-electron chi connectivity index (χ1n) is 8.56. The predicted octanol–water partition coefficient (Wildman–Crippen LogP) is 5.20. The van der Waals surface area contributed by atoms with Crippen LogP contribution in [0.1, 0.15) is 77.6 Å². The van der Waals surface area contributed by atoms with Crippen molar-refractivity contribution in [1.29, 1.82) is 0 Å². The van der Waals surface area contributed by atoms with Gasteiger partial charge in [0.05, 0.1) is 12.4 Å². The van der Waals surface area contributed by atoms with Crippen molar-refractivity contribution in [3.05, 3.63) is 0 Å². The fraction of sp³-hybridized carbons (Fsp3) is 0.941. The summed E-state index contributed by atoms with van der Waals surface area (Å²) in [5.74, 6) is 2.57. The van der Waals surface area contributed by atoms with E-state index in [2.05, 4.69) is 6.92 Å². The van der Waals surface area contributed by atoms with Gasteiger partial charge in [-0.3, -0.25) is 4.79 Å². The highest BCUT2D eigenvalue weighted by Crippen LogP contribution is 2.33. The number of hydrogen-bond donors (Lipinski definition) is 0. The first-order valence-corrected chi connectivity index (χ1v) is 9.71. The zero-order valence-electron chi connectivity index (χ0n) is 13.2. The number of thioether (sulfide) groups is 1. The third-order valence-electron chi connectivity index (χ3n) is 3.83. The molecule has 1 aliphatic rings. The first-order chi connectivity index (χ1) is 9.83. The maximum atomic E-state index is 11.5. The maximum Gasteiger partial charge on any atom is 0.315 e. The molecule has 20 heavy (non-hydrogen) atoms. The van der Waals surface area contributed by atoms with Crippen LogP contribution >= 0.6 is 11.8 Å². The van der Waals surface area contributed by atoms with E-state index in [1.165, 1.54) is 64.2 Å². The Bertz CT molecular complexity index is 239. The summed E-state index contributed by atoms with van der Waals surface area (Å²) in [7, 11) is 0. The highest BCUT2D eigenvalue weighted by Gasteiger charge is 2.20. The van der Waals surface area contributed by atoms with Gasteiger partial charge in [-0.15, -0.1) is 0 Å². The van der Waals surface area contributed by atoms with E-state index in [0.29, 0.717) is 12.4 Å². The Labute approximate surface area is 129 Å². The molecule has 118 valence electrons. The second-order valence-electron chi connectivity index (χ2n) is 5.98. The number of esters is 1. The average Bonchev–Trinajstić information content (AvgIpc) is 3.26. The summed E-state index contributed by atoms with van der Waals surface area (Å²) in [6, 6.07) is 0. The minimum Gasteiger partial charge on any atom is -0.465 e. The Morgan fingerprint density at radius 1 is 1.05 bits per heavy atom. The minimum absolute atomic E-state index is 0.0197. The summed E-state index contributed by atoms with van der Waals surface area (Å²) in [5, 5.41) is 0. The van der Waals surface area contributed by atoms with Crippen molar-refractivity contribution in [2.45, 2.75) is 77.6 Å². The first kappa shape index (κ1) is 17.9. The van der Waals surface area contributed by atoms with Gasteiger partial charge in [0.2, 0.25) is 0 Å². The lowest BCUT2D eigenvalue weighted by atomic mass is 10.1. The molecule has 2 nitrogen and oxygen atoms in total. The maximum absolute atomic E-state index is 11.5. The number of carbonyl (C=O) groups excluding carboxylic acids is 1. The van der Waals surface area contributed by atoms with Crippen LogP contribution in [0.3, 0.4) is 0 Å². The molecule has 0 bridgehead atoms. The van der Waals surface area contributed by atoms with Crippen molar-refractivity contribution in [2.24, 2.45) is 5.92 Å². The van der Waals surface area contributed by atoms with E-state index in [-0.39, 0.29) is 5.97 Å². The van der Waals surface area contributed by atoms with E-state index >= 15 is 0 Å². The van der Waals surface area contributed by atoms with Crippen LogP contribution in [-0.4, -0.2) is 24.1 Å². The van der Waals surface area contributed by atoms with E-state index in [4.69, 9.17) is 4.74 Å². The van der Waals surface area contributed by atoms with Gasteiger partial charge in [0.1, 0.15) is 0 Å². The van der Waals surface area contributed by atoms with Crippen molar-refractivity contribution < 1.29 is 9.53 Å². The highest BCUT2D eigenvalue weighted by atomic mass is 32.2. The van der Waals surface area contributed by atoms with Gasteiger partial charge in [-0.1, -0.05) is 58.3 Å². The molecule has 0 saturated heterocycles. The van der Waals surface area contributed by atoms with Crippen LogP contribution < -0.4 is 0 Å². The monoisotopic (exact) mass is 300 g/mol. The van der Waals surface area contributed by atoms with E-state index in [1.807, 2.05) is 0 Å². The van der Waals surface area contributed by atoms with Crippen LogP contribution in [0.2, 0.25) is 0 Å². The molecule has 0 amide bonds. The molecule has 0 spiro atoms. The van der Waals surface area contributed by atoms with Gasteiger partial charge in [-0.05, 0) is 30.9 Å². The molecule has 1 rings (SSSR count). The van der Waals surface area contributed by atoms with Gasteiger partial charge in [-0.2, -0.15) is 11.8 Å². The molecule has 0 N–H and O–H groups in total. The number of carbonyl (C=O) groups is 1. The second kappa shape index (κ2) is 12.6. The topological polar surface area (TPSA) is 26.3 Å². The summed E-state index contributed by atoms with van der Waals surface area (Å²) < 4.78 is 5.23. The molecule has 0 aromatic rings. The number of rotatable bonds is 14. The summed E-state index contributed by atoms with van der Waals surface area (Å²) in [6.45, 7) is 2.88. The van der Waals surface area contributed by atoms with Gasteiger partial charge in [0, 0.05) is 0 Å². The zero-order valence-corrected chi connectivity index (χ0v) is 14.0. The van der Waals surface area contributed by atoms with E-state index < -0.39 is 0 Å². The molecule has 1 saturated carbocycles. The fourth-order valence-electron chi connectivity index (χ4n) is 2.32. The Hall–Kier alpha value is -0.180. The Morgan fingerprint density at radius 2 is 1.75 bits per heavy atom. The molecule has 0 unspecified atom stereocenters. The minimum atomic E-state index is -0.0197. The third kappa shape index (κ3) is 11.6. The number of ether oxygens (including phenoxy) is 1.